The van der Waals surface area contributed by atoms with Gasteiger partial charge in [-0.05, 0) is 55.6 Å². The van der Waals surface area contributed by atoms with E-state index in [0.717, 1.165) is 56.5 Å². The van der Waals surface area contributed by atoms with Crippen LogP contribution in [0.1, 0.15) is 35.6 Å². The number of aliphatic hydroxyl groups excluding tert-OH is 1. The van der Waals surface area contributed by atoms with E-state index < -0.39 is 23.9 Å². The van der Waals surface area contributed by atoms with Crippen LogP contribution in [0.15, 0.2) is 71.3 Å². The lowest BCUT2D eigenvalue weighted by Gasteiger charge is -2.35. The minimum atomic E-state index is -1.26. The molecule has 0 spiro atoms. The van der Waals surface area contributed by atoms with Gasteiger partial charge in [0.2, 0.25) is 0 Å². The lowest BCUT2D eigenvalue weighted by atomic mass is 9.91. The van der Waals surface area contributed by atoms with Crippen molar-refractivity contribution >= 4 is 34.8 Å². The summed E-state index contributed by atoms with van der Waals surface area (Å²) in [6.45, 7) is 5.22. The Morgan fingerprint density at radius 1 is 0.826 bits per heavy atom. The van der Waals surface area contributed by atoms with Crippen LogP contribution in [0.25, 0.3) is 11.0 Å². The maximum atomic E-state index is 13.4. The zero-order chi connectivity index (χ0) is 33.6. The third-order valence-electron chi connectivity index (χ3n) is 7.32. The first-order valence-corrected chi connectivity index (χ1v) is 14.4. The summed E-state index contributed by atoms with van der Waals surface area (Å²) in [4.78, 5) is 42.9. The van der Waals surface area contributed by atoms with Gasteiger partial charge in [-0.25, -0.2) is 23.6 Å². The molecule has 0 radical (unpaired) electrons. The summed E-state index contributed by atoms with van der Waals surface area (Å²) in [6.07, 6.45) is 4.90. The summed E-state index contributed by atoms with van der Waals surface area (Å²) in [7, 11) is 0. The molecule has 0 aliphatic carbocycles. The predicted molar refractivity (Wildman–Crippen MR) is 163 cm³/mol. The third kappa shape index (κ3) is 11.9. The largest absolute Gasteiger partial charge is 0.478 e. The highest BCUT2D eigenvalue weighted by atomic mass is 19.1. The topological polar surface area (TPSA) is 202 Å². The molecule has 2 aliphatic heterocycles. The fraction of sp³-hybridized carbons (Fsp3) is 0.344. The molecule has 2 aliphatic rings. The number of β-amino-alcohol motifs (C(OH)–C–C–N with tert-alkyl or cyclic N) is 1. The fourth-order valence-electron chi connectivity index (χ4n) is 5.26. The van der Waals surface area contributed by atoms with Crippen molar-refractivity contribution in [3.63, 3.8) is 0 Å². The van der Waals surface area contributed by atoms with Gasteiger partial charge in [-0.15, -0.1) is 0 Å². The van der Waals surface area contributed by atoms with Crippen LogP contribution in [-0.2, 0) is 32.1 Å². The molecule has 0 bridgehead atoms. The molecule has 13 nitrogen and oxygen atoms in total. The first kappa shape index (κ1) is 35.6. The highest BCUT2D eigenvalue weighted by Gasteiger charge is 2.27. The number of aromatic nitrogens is 1. The Bertz CT molecular complexity index is 1500. The van der Waals surface area contributed by atoms with E-state index in [1.165, 1.54) is 23.3 Å². The second-order valence-electron chi connectivity index (χ2n) is 10.7. The van der Waals surface area contributed by atoms with Gasteiger partial charge in [0.1, 0.15) is 5.82 Å². The molecule has 246 valence electrons. The summed E-state index contributed by atoms with van der Waals surface area (Å²) >= 11 is 0. The number of carbonyl (C=O) groups is 4. The van der Waals surface area contributed by atoms with Crippen LogP contribution in [0.3, 0.4) is 0 Å². The maximum absolute atomic E-state index is 13.4. The molecule has 3 aromatic rings. The van der Waals surface area contributed by atoms with Crippen LogP contribution in [0.5, 0.6) is 0 Å². The Balaban J connectivity index is 0.000000299. The van der Waals surface area contributed by atoms with Crippen molar-refractivity contribution in [2.45, 2.75) is 37.8 Å². The lowest BCUT2D eigenvalue weighted by Crippen LogP contribution is -2.44. The first-order chi connectivity index (χ1) is 21.9. The molecule has 0 saturated carbocycles. The van der Waals surface area contributed by atoms with Crippen LogP contribution >= 0.6 is 0 Å². The molecule has 2 aromatic carbocycles. The normalized spacial score (nSPS) is 16.2. The average Bonchev–Trinajstić information content (AvgIpc) is 3.43. The van der Waals surface area contributed by atoms with Crippen molar-refractivity contribution < 1.29 is 53.6 Å². The number of benzene rings is 2. The number of piperidine rings is 1. The summed E-state index contributed by atoms with van der Waals surface area (Å²) in [6, 6.07) is 13.2. The number of hydrogen-bond donors (Lipinski definition) is 5. The summed E-state index contributed by atoms with van der Waals surface area (Å²) in [5, 5.41) is 47.1. The molecule has 3 heterocycles. The second kappa shape index (κ2) is 17.5. The standard InChI is InChI=1S/C24H28FN3O2.2C4H4O4/c25-20-5-6-22-23(13-20)30-26-24(22)18-8-10-27(11-9-18)15-21(29)16-28-12-7-17-3-1-2-4-19(17)14-28;2*5-3(6)1-2-4(7)8/h1-6,13,18,21,29H,7-12,14-16H2;2*1-2H,(H,5,6)(H,7,8)/b;2*2-1+. The second-order valence-corrected chi connectivity index (χ2v) is 10.7. The Hall–Kier alpha value is -4.92. The monoisotopic (exact) mass is 641 g/mol. The summed E-state index contributed by atoms with van der Waals surface area (Å²) < 4.78 is 18.7. The average molecular weight is 642 g/mol. The highest BCUT2D eigenvalue weighted by molar-refractivity contribution is 5.90. The number of rotatable bonds is 9. The van der Waals surface area contributed by atoms with Gasteiger partial charge in [-0.3, -0.25) is 4.90 Å². The Morgan fingerprint density at radius 3 is 1.93 bits per heavy atom. The number of aliphatic carboxylic acids is 4. The third-order valence-corrected chi connectivity index (χ3v) is 7.32. The fourth-order valence-corrected chi connectivity index (χ4v) is 5.26. The van der Waals surface area contributed by atoms with Crippen molar-refractivity contribution in [1.29, 1.82) is 0 Å². The van der Waals surface area contributed by atoms with Gasteiger partial charge in [0.25, 0.3) is 0 Å². The van der Waals surface area contributed by atoms with Crippen molar-refractivity contribution in [2.24, 2.45) is 0 Å². The van der Waals surface area contributed by atoms with E-state index in [1.54, 1.807) is 6.07 Å². The number of fused-ring (bicyclic) bond motifs is 2. The molecular weight excluding hydrogens is 605 g/mol. The van der Waals surface area contributed by atoms with E-state index >= 15 is 0 Å². The number of halogens is 1. The zero-order valence-electron chi connectivity index (χ0n) is 24.9. The van der Waals surface area contributed by atoms with Gasteiger partial charge in [0, 0.05) is 67.9 Å². The molecule has 5 rings (SSSR count). The molecule has 5 N–H and O–H groups in total. The molecule has 14 heteroatoms. The van der Waals surface area contributed by atoms with Crippen LogP contribution < -0.4 is 0 Å². The lowest BCUT2D eigenvalue weighted by molar-refractivity contribution is -0.134. The number of carboxylic acids is 4. The van der Waals surface area contributed by atoms with Crippen molar-refractivity contribution in [3.05, 3.63) is 89.4 Å². The number of hydrogen-bond acceptors (Lipinski definition) is 9. The van der Waals surface area contributed by atoms with Gasteiger partial charge in [0.15, 0.2) is 5.58 Å². The molecule has 1 fully saturated rings. The number of aliphatic hydroxyl groups is 1. The van der Waals surface area contributed by atoms with Crippen molar-refractivity contribution in [1.82, 2.24) is 15.0 Å². The van der Waals surface area contributed by atoms with Crippen molar-refractivity contribution in [3.8, 4) is 0 Å². The van der Waals surface area contributed by atoms with Crippen LogP contribution in [-0.4, -0.2) is 103 Å². The molecule has 1 unspecified atom stereocenters. The van der Waals surface area contributed by atoms with E-state index in [9.17, 15) is 28.7 Å². The Morgan fingerprint density at radius 2 is 1.37 bits per heavy atom. The van der Waals surface area contributed by atoms with Crippen LogP contribution in [0.2, 0.25) is 0 Å². The SMILES string of the molecule is O=C(O)/C=C/C(=O)O.O=C(O)/C=C/C(=O)O.OC(CN1CCC(c2noc3cc(F)ccc23)CC1)CN1CCc2ccccc2C1. The smallest absolute Gasteiger partial charge is 0.328 e. The molecular formula is C32H36FN3O10. The number of carboxylic acid groups (broad SMARTS) is 4. The van der Waals surface area contributed by atoms with Crippen molar-refractivity contribution in [2.75, 3.05) is 32.7 Å². The number of nitrogens with zero attached hydrogens (tertiary/aromatic N) is 3. The molecule has 1 aromatic heterocycles. The molecule has 1 saturated heterocycles. The maximum Gasteiger partial charge on any atom is 0.328 e. The van der Waals surface area contributed by atoms with Gasteiger partial charge in [0.05, 0.1) is 11.8 Å². The molecule has 46 heavy (non-hydrogen) atoms. The van der Waals surface area contributed by atoms with E-state index in [2.05, 4.69) is 39.2 Å². The predicted octanol–water partition coefficient (Wildman–Crippen LogP) is 2.99. The molecule has 1 atom stereocenters. The summed E-state index contributed by atoms with van der Waals surface area (Å²) in [5.74, 6) is -5.01. The van der Waals surface area contributed by atoms with Crippen LogP contribution in [0, 0.1) is 5.82 Å². The zero-order valence-corrected chi connectivity index (χ0v) is 24.9. The van der Waals surface area contributed by atoms with Gasteiger partial charge in [-0.1, -0.05) is 29.4 Å². The number of likely N-dealkylation sites (tertiary alicyclic amines) is 1. The minimum absolute atomic E-state index is 0.300. The van der Waals surface area contributed by atoms with E-state index in [4.69, 9.17) is 24.9 Å². The van der Waals surface area contributed by atoms with Gasteiger partial charge >= 0.3 is 23.9 Å². The van der Waals surface area contributed by atoms with Gasteiger partial charge in [-0.2, -0.15) is 0 Å². The highest BCUT2D eigenvalue weighted by Crippen LogP contribution is 2.32. The Labute approximate surface area is 263 Å². The van der Waals surface area contributed by atoms with E-state index in [1.807, 2.05) is 0 Å². The Kier molecular flexibility index (Phi) is 13.6. The quantitative estimate of drug-likeness (QED) is 0.214. The first-order valence-electron chi connectivity index (χ1n) is 14.4. The van der Waals surface area contributed by atoms with E-state index in [-0.39, 0.29) is 11.9 Å². The molecule has 0 amide bonds. The summed E-state index contributed by atoms with van der Waals surface area (Å²) in [5.41, 5.74) is 4.29. The van der Waals surface area contributed by atoms with Crippen LogP contribution in [0.4, 0.5) is 4.39 Å². The van der Waals surface area contributed by atoms with Gasteiger partial charge < -0.3 is 35.0 Å². The van der Waals surface area contributed by atoms with E-state index in [0.29, 0.717) is 48.9 Å². The minimum Gasteiger partial charge on any atom is -0.478 e.